The molecule has 0 radical (unpaired) electrons. The topological polar surface area (TPSA) is 72.5 Å². The minimum absolute atomic E-state index is 0.0289. The molecule has 0 fully saturated rings. The van der Waals surface area contributed by atoms with Crippen molar-refractivity contribution >= 4 is 23.4 Å². The quantitative estimate of drug-likeness (QED) is 0.509. The summed E-state index contributed by atoms with van der Waals surface area (Å²) >= 11 is 1.50. The van der Waals surface area contributed by atoms with E-state index in [9.17, 15) is 9.59 Å². The van der Waals surface area contributed by atoms with Crippen LogP contribution in [-0.2, 0) is 23.2 Å². The molecule has 1 aliphatic carbocycles. The highest BCUT2D eigenvalue weighted by Crippen LogP contribution is 2.42. The number of rotatable bonds is 7. The fourth-order valence-electron chi connectivity index (χ4n) is 4.64. The molecule has 8 heteroatoms. The molecule has 1 amide bonds. The van der Waals surface area contributed by atoms with E-state index in [1.54, 1.807) is 14.0 Å². The van der Waals surface area contributed by atoms with Gasteiger partial charge in [-0.15, -0.1) is 5.10 Å². The van der Waals surface area contributed by atoms with Crippen LogP contribution in [0.15, 0.2) is 34.2 Å². The Kier molecular flexibility index (Phi) is 6.16. The van der Waals surface area contributed by atoms with Crippen LogP contribution in [0.2, 0.25) is 0 Å². The van der Waals surface area contributed by atoms with Gasteiger partial charge in [-0.2, -0.15) is 0 Å². The molecule has 1 atom stereocenters. The molecule has 170 valence electrons. The largest absolute Gasteiger partial charge is 0.342 e. The van der Waals surface area contributed by atoms with Crippen molar-refractivity contribution in [2.75, 3.05) is 18.8 Å². The smallest absolute Gasteiger partial charge is 0.265 e. The van der Waals surface area contributed by atoms with E-state index in [4.69, 9.17) is 4.98 Å². The van der Waals surface area contributed by atoms with Crippen molar-refractivity contribution in [2.45, 2.75) is 64.6 Å². The first-order valence-corrected chi connectivity index (χ1v) is 12.4. The fourth-order valence-corrected chi connectivity index (χ4v) is 5.34. The van der Waals surface area contributed by atoms with E-state index in [-0.39, 0.29) is 23.4 Å². The standard InChI is InChI=1S/C24H31N5O2S/c1-6-24(5)14-16-12-10-11-13-17(16)20-19(24)21(31)29-22(25-20)28(26-23(29)32-9-4)15-18(30)27(7-2)8-3/h10-13H,6-9,14-15H2,1-5H3/t24-/m0/s1. The van der Waals surface area contributed by atoms with Gasteiger partial charge in [-0.1, -0.05) is 56.8 Å². The van der Waals surface area contributed by atoms with Crippen molar-refractivity contribution in [3.63, 3.8) is 0 Å². The van der Waals surface area contributed by atoms with Gasteiger partial charge in [0.25, 0.3) is 5.56 Å². The summed E-state index contributed by atoms with van der Waals surface area (Å²) in [6, 6.07) is 8.18. The molecule has 2 aromatic heterocycles. The first-order chi connectivity index (χ1) is 15.4. The van der Waals surface area contributed by atoms with Crippen LogP contribution in [0, 0.1) is 0 Å². The van der Waals surface area contributed by atoms with Crippen molar-refractivity contribution < 1.29 is 4.79 Å². The van der Waals surface area contributed by atoms with E-state index in [1.807, 2.05) is 39.0 Å². The lowest BCUT2D eigenvalue weighted by Crippen LogP contribution is -2.38. The predicted octanol–water partition coefficient (Wildman–Crippen LogP) is 3.76. The van der Waals surface area contributed by atoms with Crippen LogP contribution < -0.4 is 5.56 Å². The highest BCUT2D eigenvalue weighted by Gasteiger charge is 2.38. The molecule has 0 saturated carbocycles. The highest BCUT2D eigenvalue weighted by molar-refractivity contribution is 7.99. The number of likely N-dealkylation sites (N-methyl/N-ethyl adjacent to an activating group) is 1. The lowest BCUT2D eigenvalue weighted by Gasteiger charge is -2.35. The number of benzene rings is 1. The minimum atomic E-state index is -0.303. The SMILES string of the molecule is CCSc1nn(CC(=O)N(CC)CC)c2nc3c(c(=O)n12)[C@@](C)(CC)Cc1ccccc1-3. The van der Waals surface area contributed by atoms with E-state index in [0.717, 1.165) is 35.4 Å². The molecule has 1 aliphatic rings. The summed E-state index contributed by atoms with van der Waals surface area (Å²) in [4.78, 5) is 33.6. The normalized spacial score (nSPS) is 17.3. The van der Waals surface area contributed by atoms with Gasteiger partial charge in [0.05, 0.1) is 11.3 Å². The molecule has 7 nitrogen and oxygen atoms in total. The maximum atomic E-state index is 14.0. The lowest BCUT2D eigenvalue weighted by atomic mass is 9.69. The third-order valence-electron chi connectivity index (χ3n) is 6.61. The fraction of sp³-hybridized carbons (Fsp3) is 0.500. The molecule has 2 heterocycles. The van der Waals surface area contributed by atoms with Crippen LogP contribution in [-0.4, -0.2) is 48.8 Å². The Morgan fingerprint density at radius 3 is 2.56 bits per heavy atom. The average Bonchev–Trinajstić information content (AvgIpc) is 3.12. The van der Waals surface area contributed by atoms with Crippen LogP contribution >= 0.6 is 11.8 Å². The van der Waals surface area contributed by atoms with Gasteiger partial charge in [0.1, 0.15) is 6.54 Å². The first-order valence-electron chi connectivity index (χ1n) is 11.4. The molecular formula is C24H31N5O2S. The van der Waals surface area contributed by atoms with Crippen molar-refractivity contribution in [1.29, 1.82) is 0 Å². The molecule has 0 spiro atoms. The van der Waals surface area contributed by atoms with Crippen LogP contribution in [0.3, 0.4) is 0 Å². The third-order valence-corrected chi connectivity index (χ3v) is 7.42. The van der Waals surface area contributed by atoms with E-state index >= 15 is 0 Å². The van der Waals surface area contributed by atoms with Gasteiger partial charge >= 0.3 is 0 Å². The number of carbonyl (C=O) groups excluding carboxylic acids is 1. The molecule has 4 rings (SSSR count). The minimum Gasteiger partial charge on any atom is -0.342 e. The van der Waals surface area contributed by atoms with Gasteiger partial charge in [-0.05, 0) is 38.0 Å². The number of thioether (sulfide) groups is 1. The van der Waals surface area contributed by atoms with Crippen LogP contribution in [0.5, 0.6) is 0 Å². The van der Waals surface area contributed by atoms with Gasteiger partial charge < -0.3 is 4.90 Å². The average molecular weight is 454 g/mol. The van der Waals surface area contributed by atoms with E-state index in [2.05, 4.69) is 25.0 Å². The molecule has 1 aromatic carbocycles. The van der Waals surface area contributed by atoms with Gasteiger partial charge in [-0.25, -0.2) is 14.1 Å². The van der Waals surface area contributed by atoms with E-state index < -0.39 is 0 Å². The Bertz CT molecular complexity index is 1230. The zero-order chi connectivity index (χ0) is 23.0. The van der Waals surface area contributed by atoms with Gasteiger partial charge in [0.15, 0.2) is 5.16 Å². The Morgan fingerprint density at radius 2 is 1.91 bits per heavy atom. The Labute approximate surface area is 192 Å². The number of nitrogens with zero attached hydrogens (tertiary/aromatic N) is 5. The van der Waals surface area contributed by atoms with Crippen LogP contribution in [0.4, 0.5) is 0 Å². The zero-order valence-corrected chi connectivity index (χ0v) is 20.3. The summed E-state index contributed by atoms with van der Waals surface area (Å²) in [5, 5.41) is 5.25. The number of fused-ring (bicyclic) bond motifs is 4. The molecule has 0 bridgehead atoms. The number of aromatic nitrogens is 4. The second-order valence-electron chi connectivity index (χ2n) is 8.46. The maximum absolute atomic E-state index is 14.0. The van der Waals surface area contributed by atoms with E-state index in [0.29, 0.717) is 24.0 Å². The molecule has 3 aromatic rings. The maximum Gasteiger partial charge on any atom is 0.265 e. The second kappa shape index (κ2) is 8.73. The predicted molar refractivity (Wildman–Crippen MR) is 128 cm³/mol. The number of hydrogen-bond acceptors (Lipinski definition) is 5. The lowest BCUT2D eigenvalue weighted by molar-refractivity contribution is -0.131. The monoisotopic (exact) mass is 453 g/mol. The summed E-state index contributed by atoms with van der Waals surface area (Å²) in [5.74, 6) is 1.17. The van der Waals surface area contributed by atoms with Gasteiger partial charge in [0.2, 0.25) is 11.7 Å². The molecule has 0 unspecified atom stereocenters. The van der Waals surface area contributed by atoms with Crippen LogP contribution in [0.25, 0.3) is 17.0 Å². The third kappa shape index (κ3) is 3.54. The van der Waals surface area contributed by atoms with Crippen LogP contribution in [0.1, 0.15) is 52.2 Å². The summed E-state index contributed by atoms with van der Waals surface area (Å²) in [6.45, 7) is 11.6. The Hall–Kier alpha value is -2.61. The number of carbonyl (C=O) groups is 1. The molecule has 32 heavy (non-hydrogen) atoms. The van der Waals surface area contributed by atoms with Gasteiger partial charge in [0, 0.05) is 24.1 Å². The van der Waals surface area contributed by atoms with Crippen molar-refractivity contribution in [2.24, 2.45) is 0 Å². The molecule has 0 saturated heterocycles. The first kappa shape index (κ1) is 22.6. The van der Waals surface area contributed by atoms with E-state index in [1.165, 1.54) is 17.3 Å². The van der Waals surface area contributed by atoms with Crippen molar-refractivity contribution in [3.8, 4) is 11.3 Å². The molecular weight excluding hydrogens is 422 g/mol. The molecule has 0 N–H and O–H groups in total. The number of amides is 1. The van der Waals surface area contributed by atoms with Crippen molar-refractivity contribution in [1.82, 2.24) is 24.1 Å². The summed E-state index contributed by atoms with van der Waals surface area (Å²) in [7, 11) is 0. The highest BCUT2D eigenvalue weighted by atomic mass is 32.2. The second-order valence-corrected chi connectivity index (χ2v) is 9.69. The summed E-state index contributed by atoms with van der Waals surface area (Å²) in [5.41, 5.74) is 3.31. The summed E-state index contributed by atoms with van der Waals surface area (Å²) < 4.78 is 3.21. The Balaban J connectivity index is 2.00. The van der Waals surface area contributed by atoms with Crippen molar-refractivity contribution in [3.05, 3.63) is 45.7 Å². The molecule has 0 aliphatic heterocycles. The Morgan fingerprint density at radius 1 is 1.19 bits per heavy atom. The summed E-state index contributed by atoms with van der Waals surface area (Å²) in [6.07, 6.45) is 1.64. The van der Waals surface area contributed by atoms with Gasteiger partial charge in [-0.3, -0.25) is 9.59 Å². The zero-order valence-electron chi connectivity index (χ0n) is 19.5. The number of hydrogen-bond donors (Lipinski definition) is 0.